The molecule has 1 aromatic rings. The number of nitrogens with zero attached hydrogens (tertiary/aromatic N) is 1. The summed E-state index contributed by atoms with van der Waals surface area (Å²) in [6.07, 6.45) is 2.17. The third-order valence-corrected chi connectivity index (χ3v) is 2.94. The van der Waals surface area contributed by atoms with Crippen LogP contribution in [0.15, 0.2) is 29.8 Å². The maximum absolute atomic E-state index is 8.67. The monoisotopic (exact) mass is 263 g/mol. The van der Waals surface area contributed by atoms with Gasteiger partial charge in [0.05, 0.1) is 11.6 Å². The first-order chi connectivity index (χ1) is 7.17. The van der Waals surface area contributed by atoms with Crippen molar-refractivity contribution in [1.82, 2.24) is 0 Å². The van der Waals surface area contributed by atoms with E-state index in [1.807, 2.05) is 24.3 Å². The summed E-state index contributed by atoms with van der Waals surface area (Å²) < 4.78 is 0. The van der Waals surface area contributed by atoms with Crippen LogP contribution in [-0.2, 0) is 0 Å². The molecule has 0 saturated heterocycles. The quantitative estimate of drug-likeness (QED) is 0.757. The van der Waals surface area contributed by atoms with Crippen molar-refractivity contribution in [3.05, 3.63) is 41.0 Å². The molecule has 0 aromatic heterocycles. The standard InChI is InChI=1S/C13H14BrN/c1-10(2)13(8-14)7-11-3-5-12(9-15)6-4-11/h3-7,10H,8H2,1-2H3. The van der Waals surface area contributed by atoms with E-state index in [2.05, 4.69) is 41.9 Å². The van der Waals surface area contributed by atoms with Gasteiger partial charge in [-0.15, -0.1) is 0 Å². The molecule has 0 spiro atoms. The Labute approximate surface area is 99.6 Å². The van der Waals surface area contributed by atoms with Crippen molar-refractivity contribution < 1.29 is 0 Å². The lowest BCUT2D eigenvalue weighted by Crippen LogP contribution is -1.94. The van der Waals surface area contributed by atoms with Gasteiger partial charge in [0.25, 0.3) is 0 Å². The van der Waals surface area contributed by atoms with E-state index in [1.165, 1.54) is 5.57 Å². The van der Waals surface area contributed by atoms with Crippen LogP contribution in [-0.4, -0.2) is 5.33 Å². The number of halogens is 1. The fraction of sp³-hybridized carbons (Fsp3) is 0.308. The van der Waals surface area contributed by atoms with Crippen LogP contribution < -0.4 is 0 Å². The SMILES string of the molecule is CC(C)C(=Cc1ccc(C#N)cc1)CBr. The number of alkyl halides is 1. The average molecular weight is 264 g/mol. The molecule has 0 fully saturated rings. The normalized spacial score (nSPS) is 11.5. The zero-order valence-electron chi connectivity index (χ0n) is 9.00. The Bertz CT molecular complexity index is 382. The van der Waals surface area contributed by atoms with Crippen molar-refractivity contribution in [2.75, 3.05) is 5.33 Å². The molecule has 1 aromatic carbocycles. The number of hydrogen-bond donors (Lipinski definition) is 0. The predicted molar refractivity (Wildman–Crippen MR) is 67.8 cm³/mol. The molecule has 0 aliphatic rings. The fourth-order valence-corrected chi connectivity index (χ4v) is 2.04. The van der Waals surface area contributed by atoms with Crippen LogP contribution in [0.2, 0.25) is 0 Å². The van der Waals surface area contributed by atoms with E-state index in [0.717, 1.165) is 10.9 Å². The van der Waals surface area contributed by atoms with Gasteiger partial charge in [0, 0.05) is 5.33 Å². The second kappa shape index (κ2) is 5.72. The van der Waals surface area contributed by atoms with Gasteiger partial charge < -0.3 is 0 Å². The molecule has 0 heterocycles. The Balaban J connectivity index is 2.93. The van der Waals surface area contributed by atoms with Crippen LogP contribution in [0.5, 0.6) is 0 Å². The van der Waals surface area contributed by atoms with Gasteiger partial charge in [-0.1, -0.05) is 53.6 Å². The lowest BCUT2D eigenvalue weighted by Gasteiger charge is -2.07. The summed E-state index contributed by atoms with van der Waals surface area (Å²) in [6, 6.07) is 9.76. The van der Waals surface area contributed by atoms with E-state index >= 15 is 0 Å². The van der Waals surface area contributed by atoms with Crippen LogP contribution in [0.1, 0.15) is 25.0 Å². The summed E-state index contributed by atoms with van der Waals surface area (Å²) >= 11 is 3.48. The first-order valence-corrected chi connectivity index (χ1v) is 6.06. The Morgan fingerprint density at radius 1 is 1.40 bits per heavy atom. The van der Waals surface area contributed by atoms with Gasteiger partial charge in [-0.3, -0.25) is 0 Å². The Morgan fingerprint density at radius 3 is 2.40 bits per heavy atom. The minimum Gasteiger partial charge on any atom is -0.192 e. The van der Waals surface area contributed by atoms with Crippen LogP contribution in [0.3, 0.4) is 0 Å². The van der Waals surface area contributed by atoms with Crippen molar-refractivity contribution in [3.63, 3.8) is 0 Å². The van der Waals surface area contributed by atoms with E-state index in [-0.39, 0.29) is 0 Å². The number of allylic oxidation sites excluding steroid dienone is 1. The Morgan fingerprint density at radius 2 is 2.00 bits per heavy atom. The second-order valence-electron chi connectivity index (χ2n) is 3.74. The third kappa shape index (κ3) is 3.53. The van der Waals surface area contributed by atoms with Crippen molar-refractivity contribution in [3.8, 4) is 6.07 Å². The van der Waals surface area contributed by atoms with E-state index in [0.29, 0.717) is 11.5 Å². The molecule has 78 valence electrons. The van der Waals surface area contributed by atoms with E-state index in [9.17, 15) is 0 Å². The van der Waals surface area contributed by atoms with Crippen LogP contribution in [0.25, 0.3) is 6.08 Å². The largest absolute Gasteiger partial charge is 0.192 e. The first kappa shape index (κ1) is 12.0. The van der Waals surface area contributed by atoms with Gasteiger partial charge in [0.2, 0.25) is 0 Å². The lowest BCUT2D eigenvalue weighted by atomic mass is 10.0. The van der Waals surface area contributed by atoms with Gasteiger partial charge in [-0.05, 0) is 23.6 Å². The van der Waals surface area contributed by atoms with E-state index in [4.69, 9.17) is 5.26 Å². The molecule has 0 aliphatic carbocycles. The van der Waals surface area contributed by atoms with Crippen molar-refractivity contribution in [2.24, 2.45) is 5.92 Å². The van der Waals surface area contributed by atoms with Crippen molar-refractivity contribution in [2.45, 2.75) is 13.8 Å². The number of hydrogen-bond acceptors (Lipinski definition) is 1. The molecule has 0 amide bonds. The summed E-state index contributed by atoms with van der Waals surface area (Å²) in [5.74, 6) is 0.542. The predicted octanol–water partition coefficient (Wildman–Crippen LogP) is 3.99. The first-order valence-electron chi connectivity index (χ1n) is 4.94. The minimum atomic E-state index is 0.542. The summed E-state index contributed by atoms with van der Waals surface area (Å²) in [6.45, 7) is 4.35. The summed E-state index contributed by atoms with van der Waals surface area (Å²) in [5, 5.41) is 9.57. The Hall–Kier alpha value is -1.07. The molecule has 0 bridgehead atoms. The van der Waals surface area contributed by atoms with Crippen LogP contribution >= 0.6 is 15.9 Å². The van der Waals surface area contributed by atoms with Crippen molar-refractivity contribution in [1.29, 1.82) is 5.26 Å². The highest BCUT2D eigenvalue weighted by molar-refractivity contribution is 9.09. The summed E-state index contributed by atoms with van der Waals surface area (Å²) in [5.41, 5.74) is 3.22. The van der Waals surface area contributed by atoms with Gasteiger partial charge in [0.15, 0.2) is 0 Å². The molecular weight excluding hydrogens is 250 g/mol. The van der Waals surface area contributed by atoms with Gasteiger partial charge >= 0.3 is 0 Å². The zero-order chi connectivity index (χ0) is 11.3. The van der Waals surface area contributed by atoms with Gasteiger partial charge in [-0.25, -0.2) is 0 Å². The topological polar surface area (TPSA) is 23.8 Å². The molecule has 1 rings (SSSR count). The average Bonchev–Trinajstić information content (AvgIpc) is 2.26. The maximum Gasteiger partial charge on any atom is 0.0991 e. The van der Waals surface area contributed by atoms with Gasteiger partial charge in [0.1, 0.15) is 0 Å². The van der Waals surface area contributed by atoms with Gasteiger partial charge in [-0.2, -0.15) is 5.26 Å². The molecule has 1 nitrogen and oxygen atoms in total. The van der Waals surface area contributed by atoms with Crippen LogP contribution in [0, 0.1) is 17.2 Å². The molecule has 2 heteroatoms. The highest BCUT2D eigenvalue weighted by Gasteiger charge is 2.01. The number of nitriles is 1. The molecule has 0 N–H and O–H groups in total. The fourth-order valence-electron chi connectivity index (χ4n) is 1.23. The minimum absolute atomic E-state index is 0.542. The van der Waals surface area contributed by atoms with E-state index in [1.54, 1.807) is 0 Å². The number of benzene rings is 1. The molecule has 0 atom stereocenters. The molecule has 0 aliphatic heterocycles. The highest BCUT2D eigenvalue weighted by atomic mass is 79.9. The van der Waals surface area contributed by atoms with E-state index < -0.39 is 0 Å². The summed E-state index contributed by atoms with van der Waals surface area (Å²) in [7, 11) is 0. The smallest absolute Gasteiger partial charge is 0.0991 e. The molecule has 15 heavy (non-hydrogen) atoms. The molecule has 0 radical (unpaired) electrons. The Kier molecular flexibility index (Phi) is 4.58. The molecule has 0 unspecified atom stereocenters. The lowest BCUT2D eigenvalue weighted by molar-refractivity contribution is 0.781. The van der Waals surface area contributed by atoms with Crippen molar-refractivity contribution >= 4 is 22.0 Å². The second-order valence-corrected chi connectivity index (χ2v) is 4.30. The van der Waals surface area contributed by atoms with Crippen LogP contribution in [0.4, 0.5) is 0 Å². The zero-order valence-corrected chi connectivity index (χ0v) is 10.6. The maximum atomic E-state index is 8.67. The molecular formula is C13H14BrN. The molecule has 0 saturated carbocycles. The summed E-state index contributed by atoms with van der Waals surface area (Å²) in [4.78, 5) is 0. The third-order valence-electron chi connectivity index (χ3n) is 2.29. The highest BCUT2D eigenvalue weighted by Crippen LogP contribution is 2.17. The number of rotatable bonds is 3.